The normalized spacial score (nSPS) is 32.6. The first kappa shape index (κ1) is 22.6. The van der Waals surface area contributed by atoms with Crippen molar-refractivity contribution in [1.29, 1.82) is 0 Å². The lowest BCUT2D eigenvalue weighted by Crippen LogP contribution is -2.61. The van der Waals surface area contributed by atoms with Gasteiger partial charge in [-0.2, -0.15) is 0 Å². The Morgan fingerprint density at radius 3 is 2.48 bits per heavy atom. The summed E-state index contributed by atoms with van der Waals surface area (Å²) in [6.07, 6.45) is 3.95. The second kappa shape index (κ2) is 8.05. The van der Waals surface area contributed by atoms with Gasteiger partial charge in [-0.05, 0) is 81.4 Å². The summed E-state index contributed by atoms with van der Waals surface area (Å²) < 4.78 is 28.0. The molecule has 1 aromatic carbocycles. The molecule has 4 bridgehead atoms. The molecule has 0 aromatic heterocycles. The number of carbonyl (C=O) groups is 2. The number of hydrogen-bond donors (Lipinski definition) is 3. The van der Waals surface area contributed by atoms with Crippen molar-refractivity contribution in [2.75, 3.05) is 0 Å². The van der Waals surface area contributed by atoms with E-state index in [2.05, 4.69) is 10.0 Å². The number of nitrogens with one attached hydrogen (secondary N) is 2. The lowest BCUT2D eigenvalue weighted by Gasteiger charge is -2.58. The van der Waals surface area contributed by atoms with Crippen molar-refractivity contribution in [2.24, 2.45) is 23.2 Å². The van der Waals surface area contributed by atoms with Crippen LogP contribution in [-0.2, 0) is 19.6 Å². The predicted octanol–water partition coefficient (Wildman–Crippen LogP) is 3.10. The molecule has 4 saturated carbocycles. The average Bonchev–Trinajstić information content (AvgIpc) is 2.65. The first-order chi connectivity index (χ1) is 14.5. The van der Waals surface area contributed by atoms with Gasteiger partial charge in [-0.15, -0.1) is 0 Å². The van der Waals surface area contributed by atoms with Crippen LogP contribution in [-0.4, -0.2) is 37.5 Å². The largest absolute Gasteiger partial charge is 0.481 e. The van der Waals surface area contributed by atoms with Crippen LogP contribution in [0.15, 0.2) is 23.1 Å². The number of hydrogen-bond acceptors (Lipinski definition) is 4. The van der Waals surface area contributed by atoms with Gasteiger partial charge in [0.1, 0.15) is 0 Å². The second-order valence-electron chi connectivity index (χ2n) is 9.74. The molecular formula is C22H29ClN2O5S. The van der Waals surface area contributed by atoms with Gasteiger partial charge in [0.05, 0.1) is 10.3 Å². The molecule has 4 aliphatic carbocycles. The van der Waals surface area contributed by atoms with Crippen LogP contribution >= 0.6 is 11.6 Å². The minimum Gasteiger partial charge on any atom is -0.481 e. The summed E-state index contributed by atoms with van der Waals surface area (Å²) in [5.74, 6) is -0.0934. The highest BCUT2D eigenvalue weighted by atomic mass is 35.5. The van der Waals surface area contributed by atoms with Crippen molar-refractivity contribution in [3.63, 3.8) is 0 Å². The maximum atomic E-state index is 12.7. The molecule has 0 saturated heterocycles. The molecule has 31 heavy (non-hydrogen) atoms. The first-order valence-electron chi connectivity index (χ1n) is 10.8. The van der Waals surface area contributed by atoms with Crippen molar-refractivity contribution in [3.8, 4) is 0 Å². The number of rotatable bonds is 7. The molecule has 3 N–H and O–H groups in total. The fourth-order valence-electron chi connectivity index (χ4n) is 6.29. The van der Waals surface area contributed by atoms with Gasteiger partial charge in [-0.25, -0.2) is 13.1 Å². The van der Waals surface area contributed by atoms with Gasteiger partial charge >= 0.3 is 5.97 Å². The molecule has 7 nitrogen and oxygen atoms in total. The van der Waals surface area contributed by atoms with E-state index >= 15 is 0 Å². The molecule has 0 radical (unpaired) electrons. The van der Waals surface area contributed by atoms with Crippen LogP contribution in [0.25, 0.3) is 0 Å². The Bertz CT molecular complexity index is 995. The molecule has 0 spiro atoms. The van der Waals surface area contributed by atoms with Gasteiger partial charge in [-0.1, -0.05) is 17.7 Å². The zero-order valence-corrected chi connectivity index (χ0v) is 19.3. The third-order valence-corrected chi connectivity index (χ3v) is 9.55. The van der Waals surface area contributed by atoms with Gasteiger partial charge in [0.15, 0.2) is 0 Å². The Hall–Kier alpha value is -1.64. The van der Waals surface area contributed by atoms with Crippen LogP contribution in [0.1, 0.15) is 51.0 Å². The summed E-state index contributed by atoms with van der Waals surface area (Å²) in [7, 11) is -3.81. The van der Waals surface area contributed by atoms with Crippen molar-refractivity contribution < 1.29 is 23.1 Å². The predicted molar refractivity (Wildman–Crippen MR) is 116 cm³/mol. The Balaban J connectivity index is 1.37. The number of carboxylic acid groups (broad SMARTS) is 1. The van der Waals surface area contributed by atoms with Crippen molar-refractivity contribution in [3.05, 3.63) is 28.8 Å². The van der Waals surface area contributed by atoms with Crippen molar-refractivity contribution in [1.82, 2.24) is 10.0 Å². The lowest BCUT2D eigenvalue weighted by atomic mass is 9.48. The highest BCUT2D eigenvalue weighted by Crippen LogP contribution is 2.60. The fourth-order valence-corrected chi connectivity index (χ4v) is 8.03. The number of sulfonamides is 1. The Kier molecular flexibility index (Phi) is 5.85. The van der Waals surface area contributed by atoms with E-state index < -0.39 is 27.4 Å². The SMILES string of the molecule is Cc1c(Cl)cccc1S(=O)(=O)NC(C)CC(=O)NC1C2CC3CC1CC(C(=O)O)(C3)C2. The summed E-state index contributed by atoms with van der Waals surface area (Å²) in [4.78, 5) is 24.7. The van der Waals surface area contributed by atoms with E-state index in [1.807, 2.05) is 0 Å². The van der Waals surface area contributed by atoms with E-state index in [1.165, 1.54) is 6.07 Å². The Morgan fingerprint density at radius 2 is 1.87 bits per heavy atom. The molecule has 0 heterocycles. The molecule has 4 fully saturated rings. The number of benzene rings is 1. The molecular weight excluding hydrogens is 440 g/mol. The summed E-state index contributed by atoms with van der Waals surface area (Å²) in [5.41, 5.74) is -0.149. The van der Waals surface area contributed by atoms with Gasteiger partial charge < -0.3 is 10.4 Å². The standard InChI is InChI=1S/C22H29ClN2O5S/c1-12(25-31(29,30)18-5-3-4-17(23)13(18)2)6-19(26)24-20-15-7-14-8-16(20)11-22(9-14,10-15)21(27)28/h3-5,12,14-16,20,25H,6-11H2,1-2H3,(H,24,26)(H,27,28). The molecule has 0 aliphatic heterocycles. The van der Waals surface area contributed by atoms with E-state index in [-0.39, 0.29) is 35.1 Å². The maximum absolute atomic E-state index is 12.7. The monoisotopic (exact) mass is 468 g/mol. The van der Waals surface area contributed by atoms with Crippen LogP contribution in [0, 0.1) is 30.1 Å². The number of amides is 1. The Labute approximate surface area is 188 Å². The number of aliphatic carboxylic acids is 1. The van der Waals surface area contributed by atoms with E-state index in [1.54, 1.807) is 26.0 Å². The van der Waals surface area contributed by atoms with Gasteiger partial charge in [0.25, 0.3) is 0 Å². The summed E-state index contributed by atoms with van der Waals surface area (Å²) >= 11 is 6.05. The zero-order valence-electron chi connectivity index (χ0n) is 17.7. The van der Waals surface area contributed by atoms with E-state index in [0.29, 0.717) is 29.3 Å². The highest BCUT2D eigenvalue weighted by molar-refractivity contribution is 7.89. The molecule has 3 unspecified atom stereocenters. The van der Waals surface area contributed by atoms with Crippen LogP contribution < -0.4 is 10.0 Å². The smallest absolute Gasteiger partial charge is 0.309 e. The third kappa shape index (κ3) is 4.22. The molecule has 9 heteroatoms. The van der Waals surface area contributed by atoms with Gasteiger partial charge in [0, 0.05) is 23.5 Å². The van der Waals surface area contributed by atoms with Crippen LogP contribution in [0.4, 0.5) is 0 Å². The maximum Gasteiger partial charge on any atom is 0.309 e. The Morgan fingerprint density at radius 1 is 1.23 bits per heavy atom. The van der Waals surface area contributed by atoms with Crippen molar-refractivity contribution in [2.45, 2.75) is 69.4 Å². The minimum atomic E-state index is -3.81. The summed E-state index contributed by atoms with van der Waals surface area (Å²) in [6, 6.07) is 4.09. The molecule has 4 aliphatic rings. The fraction of sp³-hybridized carbons (Fsp3) is 0.636. The zero-order chi connectivity index (χ0) is 22.6. The quantitative estimate of drug-likeness (QED) is 0.569. The van der Waals surface area contributed by atoms with E-state index in [0.717, 1.165) is 19.3 Å². The van der Waals surface area contributed by atoms with Crippen LogP contribution in [0.2, 0.25) is 5.02 Å². The number of carboxylic acids is 1. The van der Waals surface area contributed by atoms with Crippen molar-refractivity contribution >= 4 is 33.5 Å². The molecule has 5 rings (SSSR count). The molecule has 1 aromatic rings. The second-order valence-corrected chi connectivity index (χ2v) is 11.8. The number of carbonyl (C=O) groups excluding carboxylic acids is 1. The van der Waals surface area contributed by atoms with Gasteiger partial charge in [0.2, 0.25) is 15.9 Å². The average molecular weight is 469 g/mol. The van der Waals surface area contributed by atoms with Gasteiger partial charge in [-0.3, -0.25) is 9.59 Å². The third-order valence-electron chi connectivity index (χ3n) is 7.41. The van der Waals surface area contributed by atoms with Crippen LogP contribution in [0.3, 0.4) is 0 Å². The topological polar surface area (TPSA) is 113 Å². The van der Waals surface area contributed by atoms with E-state index in [9.17, 15) is 23.1 Å². The molecule has 1 amide bonds. The lowest BCUT2D eigenvalue weighted by molar-refractivity contribution is -0.167. The molecule has 170 valence electrons. The first-order valence-corrected chi connectivity index (χ1v) is 12.7. The highest BCUT2D eigenvalue weighted by Gasteiger charge is 2.58. The molecule has 3 atom stereocenters. The minimum absolute atomic E-state index is 0.0162. The number of halogens is 1. The summed E-state index contributed by atoms with van der Waals surface area (Å²) in [6.45, 7) is 3.30. The summed E-state index contributed by atoms with van der Waals surface area (Å²) in [5, 5.41) is 13.2. The van der Waals surface area contributed by atoms with E-state index in [4.69, 9.17) is 11.6 Å². The van der Waals surface area contributed by atoms with Crippen LogP contribution in [0.5, 0.6) is 0 Å².